The second kappa shape index (κ2) is 6.27. The van der Waals surface area contributed by atoms with Gasteiger partial charge in [-0.25, -0.2) is 4.98 Å². The Morgan fingerprint density at radius 1 is 1.35 bits per heavy atom. The van der Waals surface area contributed by atoms with Crippen molar-refractivity contribution in [1.82, 2.24) is 9.55 Å². The van der Waals surface area contributed by atoms with Gasteiger partial charge in [0.1, 0.15) is 11.6 Å². The molecule has 1 atom stereocenters. The molecule has 0 saturated heterocycles. The number of ether oxygens (including phenoxy) is 1. The summed E-state index contributed by atoms with van der Waals surface area (Å²) in [6, 6.07) is 6.44. The molecule has 4 heteroatoms. The monoisotopic (exact) mass is 275 g/mol. The van der Waals surface area contributed by atoms with Crippen LogP contribution in [0.2, 0.25) is 0 Å². The van der Waals surface area contributed by atoms with Gasteiger partial charge >= 0.3 is 0 Å². The fourth-order valence-electron chi connectivity index (χ4n) is 2.76. The maximum absolute atomic E-state index is 5.96. The molecule has 1 aromatic carbocycles. The number of nitrogens with two attached hydrogens (primary N) is 1. The lowest BCUT2D eigenvalue weighted by molar-refractivity contribution is 0.415. The molecular weight excluding hydrogens is 250 g/mol. The minimum absolute atomic E-state index is 0.320. The molecule has 0 aliphatic carbocycles. The van der Waals surface area contributed by atoms with Crippen molar-refractivity contribution in [3.63, 3.8) is 0 Å². The van der Waals surface area contributed by atoms with Gasteiger partial charge in [0.25, 0.3) is 0 Å². The van der Waals surface area contributed by atoms with Gasteiger partial charge in [-0.2, -0.15) is 0 Å². The van der Waals surface area contributed by atoms with E-state index in [1.165, 1.54) is 0 Å². The lowest BCUT2D eigenvalue weighted by atomic mass is 10.0. The highest BCUT2D eigenvalue weighted by molar-refractivity contribution is 5.78. The lowest BCUT2D eigenvalue weighted by Crippen LogP contribution is -2.18. The first-order chi connectivity index (χ1) is 9.62. The van der Waals surface area contributed by atoms with E-state index in [1.54, 1.807) is 7.11 Å². The van der Waals surface area contributed by atoms with E-state index in [4.69, 9.17) is 15.5 Å². The van der Waals surface area contributed by atoms with Gasteiger partial charge in [0, 0.05) is 24.6 Å². The topological polar surface area (TPSA) is 53.1 Å². The van der Waals surface area contributed by atoms with Crippen molar-refractivity contribution >= 4 is 11.0 Å². The molecule has 1 aromatic heterocycles. The number of methoxy groups -OCH3 is 1. The third-order valence-corrected chi connectivity index (χ3v) is 3.73. The molecule has 4 nitrogen and oxygen atoms in total. The van der Waals surface area contributed by atoms with Crippen LogP contribution in [0.4, 0.5) is 0 Å². The van der Waals surface area contributed by atoms with Crippen molar-refractivity contribution in [2.45, 2.75) is 45.6 Å². The Balaban J connectivity index is 2.60. The molecule has 0 aliphatic heterocycles. The minimum Gasteiger partial charge on any atom is -0.497 e. The fourth-order valence-corrected chi connectivity index (χ4v) is 2.76. The van der Waals surface area contributed by atoms with Crippen LogP contribution >= 0.6 is 0 Å². The number of hydrogen-bond acceptors (Lipinski definition) is 3. The van der Waals surface area contributed by atoms with Gasteiger partial charge in [0.2, 0.25) is 0 Å². The summed E-state index contributed by atoms with van der Waals surface area (Å²) in [7, 11) is 1.68. The van der Waals surface area contributed by atoms with Crippen LogP contribution in [0.1, 0.15) is 51.4 Å². The predicted molar refractivity (Wildman–Crippen MR) is 83.4 cm³/mol. The summed E-state index contributed by atoms with van der Waals surface area (Å²) in [5, 5.41) is 0. The Kier molecular flexibility index (Phi) is 4.65. The molecule has 2 N–H and O–H groups in total. The Morgan fingerprint density at radius 2 is 2.10 bits per heavy atom. The lowest BCUT2D eigenvalue weighted by Gasteiger charge is -2.19. The quantitative estimate of drug-likeness (QED) is 0.878. The summed E-state index contributed by atoms with van der Waals surface area (Å²) >= 11 is 0. The minimum atomic E-state index is 0.320. The number of imidazole rings is 1. The smallest absolute Gasteiger partial charge is 0.121 e. The van der Waals surface area contributed by atoms with Crippen LogP contribution in [0.15, 0.2) is 18.2 Å². The van der Waals surface area contributed by atoms with Gasteiger partial charge in [-0.05, 0) is 32.4 Å². The number of benzene rings is 1. The zero-order valence-electron chi connectivity index (χ0n) is 12.9. The molecule has 20 heavy (non-hydrogen) atoms. The molecule has 0 amide bonds. The van der Waals surface area contributed by atoms with E-state index in [0.29, 0.717) is 18.5 Å². The predicted octanol–water partition coefficient (Wildman–Crippen LogP) is 3.47. The number of fused-ring (bicyclic) bond motifs is 1. The molecule has 1 unspecified atom stereocenters. The summed E-state index contributed by atoms with van der Waals surface area (Å²) in [5.74, 6) is 2.27. The Morgan fingerprint density at radius 3 is 2.65 bits per heavy atom. The molecule has 0 saturated carbocycles. The van der Waals surface area contributed by atoms with Crippen molar-refractivity contribution in [2.24, 2.45) is 5.73 Å². The van der Waals surface area contributed by atoms with Gasteiger partial charge < -0.3 is 15.0 Å². The molecule has 2 aromatic rings. The van der Waals surface area contributed by atoms with Gasteiger partial charge in [0.05, 0.1) is 18.1 Å². The van der Waals surface area contributed by atoms with E-state index in [9.17, 15) is 0 Å². The third kappa shape index (κ3) is 2.66. The van der Waals surface area contributed by atoms with Crippen molar-refractivity contribution in [1.29, 1.82) is 0 Å². The van der Waals surface area contributed by atoms with Crippen molar-refractivity contribution < 1.29 is 4.74 Å². The highest BCUT2D eigenvalue weighted by Gasteiger charge is 2.20. The summed E-state index contributed by atoms with van der Waals surface area (Å²) in [5.41, 5.74) is 8.11. The van der Waals surface area contributed by atoms with Crippen molar-refractivity contribution in [3.05, 3.63) is 24.0 Å². The molecule has 0 spiro atoms. The first kappa shape index (κ1) is 14.9. The Labute approximate surface area is 120 Å². The van der Waals surface area contributed by atoms with E-state index in [-0.39, 0.29) is 0 Å². The van der Waals surface area contributed by atoms with E-state index >= 15 is 0 Å². The van der Waals surface area contributed by atoms with Gasteiger partial charge in [-0.1, -0.05) is 13.3 Å². The average Bonchev–Trinajstić information content (AvgIpc) is 2.82. The van der Waals surface area contributed by atoms with Gasteiger partial charge in [-0.3, -0.25) is 0 Å². The zero-order chi connectivity index (χ0) is 14.7. The van der Waals surface area contributed by atoms with Crippen LogP contribution in [0.3, 0.4) is 0 Å². The first-order valence-corrected chi connectivity index (χ1v) is 7.38. The molecule has 0 radical (unpaired) electrons. The number of aromatic nitrogens is 2. The SMILES string of the molecule is CCCC(CN)c1nc2cc(OC)ccc2n1C(C)C. The zero-order valence-corrected chi connectivity index (χ0v) is 12.9. The van der Waals surface area contributed by atoms with Crippen LogP contribution in [-0.2, 0) is 0 Å². The maximum atomic E-state index is 5.96. The Hall–Kier alpha value is -1.55. The summed E-state index contributed by atoms with van der Waals surface area (Å²) < 4.78 is 7.60. The van der Waals surface area contributed by atoms with Crippen LogP contribution in [-0.4, -0.2) is 23.2 Å². The van der Waals surface area contributed by atoms with Gasteiger partial charge in [-0.15, -0.1) is 0 Å². The van der Waals surface area contributed by atoms with Gasteiger partial charge in [0.15, 0.2) is 0 Å². The molecular formula is C16H25N3O. The van der Waals surface area contributed by atoms with E-state index < -0.39 is 0 Å². The van der Waals surface area contributed by atoms with Crippen LogP contribution in [0.25, 0.3) is 11.0 Å². The van der Waals surface area contributed by atoms with E-state index in [2.05, 4.69) is 31.4 Å². The second-order valence-corrected chi connectivity index (χ2v) is 5.51. The normalized spacial score (nSPS) is 13.1. The van der Waals surface area contributed by atoms with Crippen LogP contribution < -0.4 is 10.5 Å². The summed E-state index contributed by atoms with van der Waals surface area (Å²) in [6.45, 7) is 7.21. The summed E-state index contributed by atoms with van der Waals surface area (Å²) in [6.07, 6.45) is 2.19. The molecule has 0 bridgehead atoms. The fraction of sp³-hybridized carbons (Fsp3) is 0.562. The van der Waals surface area contributed by atoms with Crippen molar-refractivity contribution in [2.75, 3.05) is 13.7 Å². The van der Waals surface area contributed by atoms with Crippen molar-refractivity contribution in [3.8, 4) is 5.75 Å². The number of hydrogen-bond donors (Lipinski definition) is 1. The van der Waals surface area contributed by atoms with E-state index in [0.717, 1.165) is 35.4 Å². The van der Waals surface area contributed by atoms with Crippen LogP contribution in [0.5, 0.6) is 5.75 Å². The second-order valence-electron chi connectivity index (χ2n) is 5.51. The average molecular weight is 275 g/mol. The largest absolute Gasteiger partial charge is 0.497 e. The molecule has 1 heterocycles. The molecule has 0 fully saturated rings. The third-order valence-electron chi connectivity index (χ3n) is 3.73. The van der Waals surface area contributed by atoms with E-state index in [1.807, 2.05) is 12.1 Å². The van der Waals surface area contributed by atoms with Crippen LogP contribution in [0, 0.1) is 0 Å². The Bertz CT molecular complexity index is 574. The maximum Gasteiger partial charge on any atom is 0.121 e. The number of rotatable bonds is 6. The molecule has 0 aliphatic rings. The molecule has 2 rings (SSSR count). The highest BCUT2D eigenvalue weighted by Crippen LogP contribution is 2.29. The number of nitrogens with zero attached hydrogens (tertiary/aromatic N) is 2. The highest BCUT2D eigenvalue weighted by atomic mass is 16.5. The molecule has 110 valence electrons. The standard InChI is InChI=1S/C16H25N3O/c1-5-6-12(10-17)16-18-14-9-13(20-4)7-8-15(14)19(16)11(2)3/h7-9,11-12H,5-6,10,17H2,1-4H3. The first-order valence-electron chi connectivity index (χ1n) is 7.38. The summed E-state index contributed by atoms with van der Waals surface area (Å²) in [4.78, 5) is 4.84.